The molecule has 0 amide bonds. The van der Waals surface area contributed by atoms with Crippen LogP contribution in [0.1, 0.15) is 17.2 Å². The third-order valence-corrected chi connectivity index (χ3v) is 4.57. The molecule has 112 valence electrons. The molecule has 0 aliphatic heterocycles. The van der Waals surface area contributed by atoms with Crippen molar-refractivity contribution in [2.45, 2.75) is 6.04 Å². The number of rotatable bonds is 6. The fraction of sp³-hybridized carbons (Fsp3) is 0.250. The van der Waals surface area contributed by atoms with Gasteiger partial charge in [0.2, 0.25) is 0 Å². The van der Waals surface area contributed by atoms with Gasteiger partial charge in [-0.05, 0) is 52.4 Å². The molecule has 0 aliphatic rings. The molecule has 0 heterocycles. The highest BCUT2D eigenvalue weighted by molar-refractivity contribution is 14.1. The summed E-state index contributed by atoms with van der Waals surface area (Å²) in [5, 5.41) is 0. The molecule has 2 aromatic carbocycles. The monoisotopic (exact) mass is 461 g/mol. The molecule has 0 radical (unpaired) electrons. The van der Waals surface area contributed by atoms with Crippen molar-refractivity contribution in [2.75, 3.05) is 20.3 Å². The average molecular weight is 462 g/mol. The first-order valence-corrected chi connectivity index (χ1v) is 8.42. The van der Waals surface area contributed by atoms with E-state index in [-0.39, 0.29) is 6.04 Å². The van der Waals surface area contributed by atoms with Crippen molar-refractivity contribution in [3.63, 3.8) is 0 Å². The molecule has 1 atom stereocenters. The van der Waals surface area contributed by atoms with Crippen molar-refractivity contribution in [2.24, 2.45) is 5.73 Å². The molecule has 2 rings (SSSR count). The summed E-state index contributed by atoms with van der Waals surface area (Å²) in [4.78, 5) is 0. The van der Waals surface area contributed by atoms with Gasteiger partial charge in [-0.25, -0.2) is 0 Å². The molecule has 0 bridgehead atoms. The second-order valence-electron chi connectivity index (χ2n) is 4.52. The molecule has 3 nitrogen and oxygen atoms in total. The Balaban J connectivity index is 2.30. The largest absolute Gasteiger partial charge is 0.491 e. The predicted molar refractivity (Wildman–Crippen MR) is 96.7 cm³/mol. The maximum absolute atomic E-state index is 6.45. The Hall–Kier alpha value is -0.630. The molecule has 2 N–H and O–H groups in total. The first-order chi connectivity index (χ1) is 10.1. The van der Waals surface area contributed by atoms with Crippen LogP contribution in [-0.4, -0.2) is 20.3 Å². The number of ether oxygens (including phenoxy) is 2. The summed E-state index contributed by atoms with van der Waals surface area (Å²) in [7, 11) is 1.66. The van der Waals surface area contributed by atoms with Crippen molar-refractivity contribution < 1.29 is 9.47 Å². The van der Waals surface area contributed by atoms with E-state index in [0.29, 0.717) is 13.2 Å². The van der Waals surface area contributed by atoms with Gasteiger partial charge in [0.1, 0.15) is 12.4 Å². The lowest BCUT2D eigenvalue weighted by Gasteiger charge is -2.18. The lowest BCUT2D eigenvalue weighted by atomic mass is 9.99. The van der Waals surface area contributed by atoms with Crippen LogP contribution in [0.4, 0.5) is 0 Å². The zero-order valence-electron chi connectivity index (χ0n) is 11.7. The van der Waals surface area contributed by atoms with Crippen LogP contribution in [0.5, 0.6) is 5.75 Å². The van der Waals surface area contributed by atoms with E-state index in [9.17, 15) is 0 Å². The van der Waals surface area contributed by atoms with Crippen LogP contribution in [0.25, 0.3) is 0 Å². The first kappa shape index (κ1) is 16.7. The summed E-state index contributed by atoms with van der Waals surface area (Å²) in [6.45, 7) is 1.06. The van der Waals surface area contributed by atoms with Gasteiger partial charge in [-0.1, -0.05) is 34.1 Å². The fourth-order valence-electron chi connectivity index (χ4n) is 2.02. The van der Waals surface area contributed by atoms with Crippen LogP contribution < -0.4 is 10.5 Å². The minimum atomic E-state index is -0.229. The quantitative estimate of drug-likeness (QED) is 0.519. The van der Waals surface area contributed by atoms with Crippen molar-refractivity contribution in [3.05, 3.63) is 61.6 Å². The number of nitrogens with two attached hydrogens (primary N) is 1. The highest BCUT2D eigenvalue weighted by Gasteiger charge is 2.16. The third-order valence-electron chi connectivity index (χ3n) is 3.09. The second-order valence-corrected chi connectivity index (χ2v) is 6.60. The Morgan fingerprint density at radius 3 is 2.67 bits per heavy atom. The number of halogens is 2. The summed E-state index contributed by atoms with van der Waals surface area (Å²) in [6, 6.07) is 13.8. The van der Waals surface area contributed by atoms with Crippen molar-refractivity contribution in [1.82, 2.24) is 0 Å². The van der Waals surface area contributed by atoms with Crippen LogP contribution in [0.2, 0.25) is 0 Å². The molecule has 0 fully saturated rings. The summed E-state index contributed by atoms with van der Waals surface area (Å²) < 4.78 is 12.9. The topological polar surface area (TPSA) is 44.5 Å². The highest BCUT2D eigenvalue weighted by Crippen LogP contribution is 2.32. The smallest absolute Gasteiger partial charge is 0.124 e. The van der Waals surface area contributed by atoms with E-state index >= 15 is 0 Å². The standard InChI is InChI=1S/C16H17BrINO2/c1-20-8-9-21-15-5-3-2-4-12(15)16(19)13-10-11(17)6-7-14(13)18/h2-7,10,16H,8-9,19H2,1H3. The molecular formula is C16H17BrINO2. The van der Waals surface area contributed by atoms with Crippen molar-refractivity contribution in [3.8, 4) is 5.75 Å². The van der Waals surface area contributed by atoms with Gasteiger partial charge in [0, 0.05) is 20.7 Å². The van der Waals surface area contributed by atoms with Crippen LogP contribution in [0.15, 0.2) is 46.9 Å². The van der Waals surface area contributed by atoms with Crippen LogP contribution in [-0.2, 0) is 4.74 Å². The molecule has 0 aliphatic carbocycles. The highest BCUT2D eigenvalue weighted by atomic mass is 127. The molecule has 1 unspecified atom stereocenters. The number of hydrogen-bond acceptors (Lipinski definition) is 3. The Morgan fingerprint density at radius 2 is 1.90 bits per heavy atom. The van der Waals surface area contributed by atoms with Gasteiger partial charge in [0.05, 0.1) is 12.6 Å². The van der Waals surface area contributed by atoms with E-state index < -0.39 is 0 Å². The van der Waals surface area contributed by atoms with E-state index in [2.05, 4.69) is 44.6 Å². The molecular weight excluding hydrogens is 445 g/mol. The third kappa shape index (κ3) is 4.42. The summed E-state index contributed by atoms with van der Waals surface area (Å²) >= 11 is 5.80. The van der Waals surface area contributed by atoms with E-state index in [1.807, 2.05) is 36.4 Å². The maximum Gasteiger partial charge on any atom is 0.124 e. The number of para-hydroxylation sites is 1. The molecule has 21 heavy (non-hydrogen) atoms. The van der Waals surface area contributed by atoms with E-state index in [0.717, 1.165) is 24.9 Å². The van der Waals surface area contributed by atoms with Gasteiger partial charge in [-0.2, -0.15) is 0 Å². The molecule has 0 aromatic heterocycles. The average Bonchev–Trinajstić information content (AvgIpc) is 2.50. The Labute approximate surface area is 147 Å². The van der Waals surface area contributed by atoms with E-state index in [1.54, 1.807) is 7.11 Å². The minimum Gasteiger partial charge on any atom is -0.491 e. The Kier molecular flexibility index (Phi) is 6.47. The number of benzene rings is 2. The molecule has 5 heteroatoms. The number of methoxy groups -OCH3 is 1. The van der Waals surface area contributed by atoms with Gasteiger partial charge in [-0.3, -0.25) is 0 Å². The van der Waals surface area contributed by atoms with Gasteiger partial charge in [-0.15, -0.1) is 0 Å². The molecule has 0 saturated carbocycles. The van der Waals surface area contributed by atoms with Crippen molar-refractivity contribution >= 4 is 38.5 Å². The maximum atomic E-state index is 6.45. The fourth-order valence-corrected chi connectivity index (χ4v) is 3.07. The van der Waals surface area contributed by atoms with Crippen LogP contribution >= 0.6 is 38.5 Å². The van der Waals surface area contributed by atoms with Crippen molar-refractivity contribution in [1.29, 1.82) is 0 Å². The first-order valence-electron chi connectivity index (χ1n) is 6.54. The van der Waals surface area contributed by atoms with E-state index in [4.69, 9.17) is 15.2 Å². The summed E-state index contributed by atoms with van der Waals surface area (Å²) in [5.74, 6) is 0.804. The summed E-state index contributed by atoms with van der Waals surface area (Å²) in [6.07, 6.45) is 0. The summed E-state index contributed by atoms with van der Waals surface area (Å²) in [5.41, 5.74) is 8.51. The lowest BCUT2D eigenvalue weighted by molar-refractivity contribution is 0.145. The normalized spacial score (nSPS) is 12.2. The lowest BCUT2D eigenvalue weighted by Crippen LogP contribution is -2.15. The Bertz CT molecular complexity index is 607. The van der Waals surface area contributed by atoms with Gasteiger partial charge >= 0.3 is 0 Å². The Morgan fingerprint density at radius 1 is 1.14 bits per heavy atom. The van der Waals surface area contributed by atoms with E-state index in [1.165, 1.54) is 0 Å². The van der Waals surface area contributed by atoms with Gasteiger partial charge in [0.25, 0.3) is 0 Å². The number of hydrogen-bond donors (Lipinski definition) is 1. The second kappa shape index (κ2) is 8.12. The zero-order chi connectivity index (χ0) is 15.2. The van der Waals surface area contributed by atoms with Crippen LogP contribution in [0.3, 0.4) is 0 Å². The van der Waals surface area contributed by atoms with Gasteiger partial charge < -0.3 is 15.2 Å². The van der Waals surface area contributed by atoms with Gasteiger partial charge in [0.15, 0.2) is 0 Å². The molecule has 2 aromatic rings. The SMILES string of the molecule is COCCOc1ccccc1C(N)c1cc(Br)ccc1I. The predicted octanol–water partition coefficient (Wildman–Crippen LogP) is 4.13. The van der Waals surface area contributed by atoms with Crippen LogP contribution in [0, 0.1) is 3.57 Å². The molecule has 0 saturated heterocycles. The minimum absolute atomic E-state index is 0.229. The molecule has 0 spiro atoms. The zero-order valence-corrected chi connectivity index (χ0v) is 15.4.